The third-order valence-electron chi connectivity index (χ3n) is 6.10. The van der Waals surface area contributed by atoms with Gasteiger partial charge in [0.15, 0.2) is 0 Å². The highest BCUT2D eigenvalue weighted by molar-refractivity contribution is 5.38. The lowest BCUT2D eigenvalue weighted by Gasteiger charge is -2.47. The van der Waals surface area contributed by atoms with Crippen LogP contribution in [-0.2, 0) is 24.2 Å². The maximum atomic E-state index is 6.36. The number of fused-ring (bicyclic) bond motifs is 1. The predicted octanol–water partition coefficient (Wildman–Crippen LogP) is 3.11. The van der Waals surface area contributed by atoms with Crippen molar-refractivity contribution in [3.63, 3.8) is 0 Å². The summed E-state index contributed by atoms with van der Waals surface area (Å²) >= 11 is 0. The van der Waals surface area contributed by atoms with Gasteiger partial charge < -0.3 is 13.9 Å². The molecule has 2 aliphatic heterocycles. The molecule has 6 nitrogen and oxygen atoms in total. The summed E-state index contributed by atoms with van der Waals surface area (Å²) in [5, 5.41) is 7.65. The Labute approximate surface area is 153 Å². The van der Waals surface area contributed by atoms with Crippen molar-refractivity contribution in [2.24, 2.45) is 0 Å². The Kier molecular flexibility index (Phi) is 4.17. The number of benzene rings is 1. The van der Waals surface area contributed by atoms with Crippen molar-refractivity contribution in [3.8, 4) is 5.75 Å². The highest BCUT2D eigenvalue weighted by atomic mass is 16.7. The zero-order valence-electron chi connectivity index (χ0n) is 15.0. The first-order chi connectivity index (χ1) is 12.8. The first-order valence-electron chi connectivity index (χ1n) is 9.74. The van der Waals surface area contributed by atoms with Crippen LogP contribution in [0.4, 0.5) is 0 Å². The van der Waals surface area contributed by atoms with E-state index in [2.05, 4.69) is 33.3 Å². The Morgan fingerprint density at radius 3 is 2.77 bits per heavy atom. The molecule has 0 atom stereocenters. The topological polar surface area (TPSA) is 60.6 Å². The van der Waals surface area contributed by atoms with Crippen LogP contribution in [0.3, 0.4) is 0 Å². The van der Waals surface area contributed by atoms with Crippen LogP contribution in [0.1, 0.15) is 49.1 Å². The van der Waals surface area contributed by atoms with Crippen LogP contribution >= 0.6 is 0 Å². The molecular formula is C20H25N3O3. The first-order valence-corrected chi connectivity index (χ1v) is 9.74. The second-order valence-corrected chi connectivity index (χ2v) is 7.70. The number of hydrogen-bond donors (Lipinski definition) is 0. The van der Waals surface area contributed by atoms with Gasteiger partial charge in [-0.15, -0.1) is 10.2 Å². The highest BCUT2D eigenvalue weighted by Gasteiger charge is 2.42. The van der Waals surface area contributed by atoms with E-state index in [1.165, 1.54) is 31.2 Å². The Balaban J connectivity index is 1.22. The van der Waals surface area contributed by atoms with Crippen molar-refractivity contribution in [1.29, 1.82) is 0 Å². The monoisotopic (exact) mass is 355 g/mol. The number of aromatic nitrogens is 2. The van der Waals surface area contributed by atoms with E-state index in [4.69, 9.17) is 13.9 Å². The Morgan fingerprint density at radius 1 is 1.15 bits per heavy atom. The second-order valence-electron chi connectivity index (χ2n) is 7.70. The van der Waals surface area contributed by atoms with E-state index in [1.54, 1.807) is 0 Å². The van der Waals surface area contributed by atoms with E-state index < -0.39 is 5.79 Å². The molecule has 1 aromatic heterocycles. The number of hydrogen-bond acceptors (Lipinski definition) is 6. The summed E-state index contributed by atoms with van der Waals surface area (Å²) in [4.78, 5) is 2.62. The lowest BCUT2D eigenvalue weighted by molar-refractivity contribution is -0.231. The molecule has 0 radical (unpaired) electrons. The fraction of sp³-hybridized carbons (Fsp3) is 0.600. The summed E-state index contributed by atoms with van der Waals surface area (Å²) in [6.07, 6.45) is 9.04. The smallest absolute Gasteiger partial charge is 0.216 e. The molecule has 138 valence electrons. The van der Waals surface area contributed by atoms with E-state index in [-0.39, 0.29) is 0 Å². The average Bonchev–Trinajstić information content (AvgIpc) is 3.14. The van der Waals surface area contributed by atoms with Crippen LogP contribution in [0.25, 0.3) is 0 Å². The van der Waals surface area contributed by atoms with Gasteiger partial charge in [0, 0.05) is 44.0 Å². The number of aryl methyl sites for hydroxylation is 2. The quantitative estimate of drug-likeness (QED) is 0.840. The van der Waals surface area contributed by atoms with Crippen molar-refractivity contribution < 1.29 is 13.9 Å². The van der Waals surface area contributed by atoms with Gasteiger partial charge in [-0.2, -0.15) is 0 Å². The third-order valence-corrected chi connectivity index (χ3v) is 6.10. The largest absolute Gasteiger partial charge is 0.462 e. The summed E-state index contributed by atoms with van der Waals surface area (Å²) < 4.78 is 17.8. The van der Waals surface area contributed by atoms with E-state index in [0.29, 0.717) is 12.5 Å². The van der Waals surface area contributed by atoms with E-state index >= 15 is 0 Å². The summed E-state index contributed by atoms with van der Waals surface area (Å²) in [5.41, 5.74) is 2.38. The molecule has 1 aliphatic carbocycles. The molecule has 1 saturated carbocycles. The summed E-state index contributed by atoms with van der Waals surface area (Å²) in [7, 11) is 0. The van der Waals surface area contributed by atoms with Crippen molar-refractivity contribution in [2.75, 3.05) is 13.1 Å². The molecule has 2 aromatic rings. The molecule has 0 N–H and O–H groups in total. The SMILES string of the molecule is c1nnc(CCc2ccc3c(c2)COC2(CCN(C4CCC4)CC2)O3)o1. The molecule has 1 spiro atoms. The molecule has 0 amide bonds. The lowest BCUT2D eigenvalue weighted by atomic mass is 9.89. The summed E-state index contributed by atoms with van der Waals surface area (Å²) in [5.74, 6) is 1.24. The number of piperidine rings is 1. The van der Waals surface area contributed by atoms with Crippen LogP contribution < -0.4 is 4.74 Å². The summed E-state index contributed by atoms with van der Waals surface area (Å²) in [6.45, 7) is 2.80. The van der Waals surface area contributed by atoms with E-state index in [1.807, 2.05) is 0 Å². The van der Waals surface area contributed by atoms with Crippen molar-refractivity contribution >= 4 is 0 Å². The van der Waals surface area contributed by atoms with Gasteiger partial charge in [-0.05, 0) is 37.0 Å². The molecule has 3 aliphatic rings. The van der Waals surface area contributed by atoms with Gasteiger partial charge in [0.1, 0.15) is 5.75 Å². The first kappa shape index (κ1) is 16.3. The Morgan fingerprint density at radius 2 is 2.04 bits per heavy atom. The van der Waals surface area contributed by atoms with Gasteiger partial charge in [-0.3, -0.25) is 4.90 Å². The molecule has 26 heavy (non-hydrogen) atoms. The fourth-order valence-electron chi connectivity index (χ4n) is 4.22. The number of ether oxygens (including phenoxy) is 2. The van der Waals surface area contributed by atoms with Crippen molar-refractivity contribution in [3.05, 3.63) is 41.6 Å². The molecule has 5 rings (SSSR count). The maximum Gasteiger partial charge on any atom is 0.216 e. The lowest BCUT2D eigenvalue weighted by Crippen LogP contribution is -2.54. The van der Waals surface area contributed by atoms with Gasteiger partial charge >= 0.3 is 0 Å². The van der Waals surface area contributed by atoms with E-state index in [0.717, 1.165) is 56.1 Å². The van der Waals surface area contributed by atoms with Gasteiger partial charge in [0.25, 0.3) is 0 Å². The average molecular weight is 355 g/mol. The standard InChI is InChI=1S/C20H25N3O3/c1-2-17(3-1)23-10-8-20(9-11-23)25-13-16-12-15(4-6-18(16)26-20)5-7-19-22-21-14-24-19/h4,6,12,14,17H,1-3,5,7-11,13H2. The van der Waals surface area contributed by atoms with E-state index in [9.17, 15) is 0 Å². The molecule has 2 fully saturated rings. The van der Waals surface area contributed by atoms with Crippen LogP contribution in [0.15, 0.2) is 29.0 Å². The minimum absolute atomic E-state index is 0.418. The zero-order chi connectivity index (χ0) is 17.4. The third kappa shape index (κ3) is 3.12. The van der Waals surface area contributed by atoms with Gasteiger partial charge in [-0.25, -0.2) is 0 Å². The Bertz CT molecular complexity index is 750. The van der Waals surface area contributed by atoms with Gasteiger partial charge in [0.05, 0.1) is 6.61 Å². The normalized spacial score (nSPS) is 22.6. The van der Waals surface area contributed by atoms with Crippen LogP contribution in [0, 0.1) is 0 Å². The predicted molar refractivity (Wildman–Crippen MR) is 94.7 cm³/mol. The molecular weight excluding hydrogens is 330 g/mol. The van der Waals surface area contributed by atoms with Crippen LogP contribution in [0.5, 0.6) is 5.75 Å². The van der Waals surface area contributed by atoms with Gasteiger partial charge in [0.2, 0.25) is 18.1 Å². The maximum absolute atomic E-state index is 6.36. The van der Waals surface area contributed by atoms with Crippen molar-refractivity contribution in [1.82, 2.24) is 15.1 Å². The Hall–Kier alpha value is -1.92. The molecule has 6 heteroatoms. The minimum atomic E-state index is -0.418. The molecule has 1 saturated heterocycles. The number of likely N-dealkylation sites (tertiary alicyclic amines) is 1. The number of rotatable bonds is 4. The minimum Gasteiger partial charge on any atom is -0.462 e. The molecule has 0 bridgehead atoms. The van der Waals surface area contributed by atoms with Crippen molar-refractivity contribution in [2.45, 2.75) is 63.4 Å². The van der Waals surface area contributed by atoms with Crippen LogP contribution in [-0.4, -0.2) is 40.0 Å². The van der Waals surface area contributed by atoms with Gasteiger partial charge in [-0.1, -0.05) is 12.5 Å². The summed E-state index contributed by atoms with van der Waals surface area (Å²) in [6, 6.07) is 7.23. The molecule has 3 heterocycles. The molecule has 0 unspecified atom stereocenters. The fourth-order valence-corrected chi connectivity index (χ4v) is 4.22. The van der Waals surface area contributed by atoms with Crippen LogP contribution in [0.2, 0.25) is 0 Å². The molecule has 1 aromatic carbocycles. The number of nitrogens with zero attached hydrogens (tertiary/aromatic N) is 3. The zero-order valence-corrected chi connectivity index (χ0v) is 15.0. The second kappa shape index (κ2) is 6.67. The highest BCUT2D eigenvalue weighted by Crippen LogP contribution is 2.39.